The first kappa shape index (κ1) is 23.4. The highest BCUT2D eigenvalue weighted by Gasteiger charge is 2.23. The number of hydrogen-bond acceptors (Lipinski definition) is 4. The van der Waals surface area contributed by atoms with Gasteiger partial charge in [0.1, 0.15) is 0 Å². The van der Waals surface area contributed by atoms with E-state index in [-0.39, 0.29) is 30.8 Å². The summed E-state index contributed by atoms with van der Waals surface area (Å²) in [6.45, 7) is 5.27. The molecule has 0 aliphatic heterocycles. The van der Waals surface area contributed by atoms with Crippen LogP contribution in [0.1, 0.15) is 55.6 Å². The second kappa shape index (κ2) is 11.4. The molecular weight excluding hydrogens is 404 g/mol. The molecular formula is C23H27ClN2O4. The Kier molecular flexibility index (Phi) is 8.87. The molecule has 0 saturated carbocycles. The molecule has 0 heterocycles. The fourth-order valence-corrected chi connectivity index (χ4v) is 3.22. The molecule has 160 valence electrons. The molecule has 2 aromatic carbocycles. The molecule has 0 fully saturated rings. The number of hydrogen-bond donors (Lipinski definition) is 2. The monoisotopic (exact) mass is 430 g/mol. The van der Waals surface area contributed by atoms with E-state index in [9.17, 15) is 14.4 Å². The standard InChI is InChI=1S/C23H27ClN2O4/c1-15(2)30-22(28)14-20(18-11-7-8-12-19(18)24)26-21(27)13-16(3)25-23(29)17-9-5-4-6-10-17/h4-12,15-16,20H,13-14H2,1-3H3,(H,25,29)(H,26,27)/t16-,20-/m1/s1. The second-order valence-corrected chi connectivity index (χ2v) is 7.74. The van der Waals surface area contributed by atoms with Crippen LogP contribution in [0.2, 0.25) is 5.02 Å². The van der Waals surface area contributed by atoms with E-state index >= 15 is 0 Å². The zero-order chi connectivity index (χ0) is 22.1. The van der Waals surface area contributed by atoms with Crippen LogP contribution in [0.25, 0.3) is 0 Å². The van der Waals surface area contributed by atoms with Crippen molar-refractivity contribution in [3.8, 4) is 0 Å². The van der Waals surface area contributed by atoms with Crippen LogP contribution < -0.4 is 10.6 Å². The predicted octanol–water partition coefficient (Wildman–Crippen LogP) is 4.05. The first-order valence-corrected chi connectivity index (χ1v) is 10.2. The number of carbonyl (C=O) groups excluding carboxylic acids is 3. The van der Waals surface area contributed by atoms with Crippen molar-refractivity contribution in [2.24, 2.45) is 0 Å². The third kappa shape index (κ3) is 7.52. The van der Waals surface area contributed by atoms with E-state index in [0.717, 1.165) is 0 Å². The smallest absolute Gasteiger partial charge is 0.308 e. The third-order valence-corrected chi connectivity index (χ3v) is 4.60. The molecule has 2 atom stereocenters. The highest BCUT2D eigenvalue weighted by atomic mass is 35.5. The maximum Gasteiger partial charge on any atom is 0.308 e. The van der Waals surface area contributed by atoms with Crippen molar-refractivity contribution in [1.82, 2.24) is 10.6 Å². The molecule has 0 aromatic heterocycles. The zero-order valence-electron chi connectivity index (χ0n) is 17.4. The third-order valence-electron chi connectivity index (χ3n) is 4.26. The first-order chi connectivity index (χ1) is 14.3. The Labute approximate surface area is 182 Å². The van der Waals surface area contributed by atoms with E-state index in [2.05, 4.69) is 10.6 Å². The molecule has 0 unspecified atom stereocenters. The molecule has 0 spiro atoms. The summed E-state index contributed by atoms with van der Waals surface area (Å²) in [5, 5.41) is 6.10. The molecule has 2 N–H and O–H groups in total. The van der Waals surface area contributed by atoms with Gasteiger partial charge in [0.15, 0.2) is 0 Å². The highest BCUT2D eigenvalue weighted by Crippen LogP contribution is 2.26. The molecule has 0 aliphatic rings. The van der Waals surface area contributed by atoms with Gasteiger partial charge in [-0.15, -0.1) is 0 Å². The Balaban J connectivity index is 2.01. The van der Waals surface area contributed by atoms with E-state index in [4.69, 9.17) is 16.3 Å². The lowest BCUT2D eigenvalue weighted by molar-refractivity contribution is -0.148. The lowest BCUT2D eigenvalue weighted by Gasteiger charge is -2.22. The molecule has 2 amide bonds. The minimum absolute atomic E-state index is 0.0432. The van der Waals surface area contributed by atoms with Crippen LogP contribution in [-0.4, -0.2) is 29.9 Å². The number of amides is 2. The molecule has 7 heteroatoms. The summed E-state index contributed by atoms with van der Waals surface area (Å²) in [6, 6.07) is 14.8. The van der Waals surface area contributed by atoms with E-state index in [1.807, 2.05) is 6.07 Å². The summed E-state index contributed by atoms with van der Waals surface area (Å²) in [5.41, 5.74) is 1.16. The van der Waals surface area contributed by atoms with Gasteiger partial charge in [0.25, 0.3) is 5.91 Å². The van der Waals surface area contributed by atoms with Crippen LogP contribution in [-0.2, 0) is 14.3 Å². The van der Waals surface area contributed by atoms with Crippen molar-refractivity contribution in [1.29, 1.82) is 0 Å². The van der Waals surface area contributed by atoms with E-state index in [1.165, 1.54) is 0 Å². The predicted molar refractivity (Wildman–Crippen MR) is 116 cm³/mol. The van der Waals surface area contributed by atoms with Crippen molar-refractivity contribution in [3.05, 3.63) is 70.7 Å². The van der Waals surface area contributed by atoms with Gasteiger partial charge in [0, 0.05) is 23.0 Å². The van der Waals surface area contributed by atoms with Gasteiger partial charge in [-0.25, -0.2) is 0 Å². The van der Waals surface area contributed by atoms with Crippen LogP contribution in [0, 0.1) is 0 Å². The minimum Gasteiger partial charge on any atom is -0.463 e. The van der Waals surface area contributed by atoms with Gasteiger partial charge in [-0.1, -0.05) is 48.0 Å². The maximum absolute atomic E-state index is 12.6. The quantitative estimate of drug-likeness (QED) is 0.588. The summed E-state index contributed by atoms with van der Waals surface area (Å²) >= 11 is 6.27. The summed E-state index contributed by atoms with van der Waals surface area (Å²) in [6.07, 6.45) is -0.245. The molecule has 0 radical (unpaired) electrons. The molecule has 0 bridgehead atoms. The minimum atomic E-state index is -0.630. The number of carbonyl (C=O) groups is 3. The van der Waals surface area contributed by atoms with Crippen LogP contribution in [0.5, 0.6) is 0 Å². The molecule has 6 nitrogen and oxygen atoms in total. The molecule has 30 heavy (non-hydrogen) atoms. The number of rotatable bonds is 9. The van der Waals surface area contributed by atoms with E-state index < -0.39 is 18.1 Å². The van der Waals surface area contributed by atoms with Crippen molar-refractivity contribution < 1.29 is 19.1 Å². The van der Waals surface area contributed by atoms with Crippen LogP contribution in [0.15, 0.2) is 54.6 Å². The van der Waals surface area contributed by atoms with Gasteiger partial charge in [-0.05, 0) is 44.5 Å². The van der Waals surface area contributed by atoms with Crippen LogP contribution in [0.3, 0.4) is 0 Å². The van der Waals surface area contributed by atoms with E-state index in [0.29, 0.717) is 16.1 Å². The number of ether oxygens (including phenoxy) is 1. The normalized spacial score (nSPS) is 12.7. The summed E-state index contributed by atoms with van der Waals surface area (Å²) in [5.74, 6) is -0.988. The van der Waals surface area contributed by atoms with Crippen molar-refractivity contribution >= 4 is 29.4 Å². The SMILES string of the molecule is CC(C)OC(=O)C[C@@H](NC(=O)C[C@@H](C)NC(=O)c1ccccc1)c1ccccc1Cl. The lowest BCUT2D eigenvalue weighted by Crippen LogP contribution is -2.39. The second-order valence-electron chi connectivity index (χ2n) is 7.33. The Bertz CT molecular complexity index is 871. The number of esters is 1. The fourth-order valence-electron chi connectivity index (χ4n) is 2.95. The summed E-state index contributed by atoms with van der Waals surface area (Å²) in [7, 11) is 0. The average molecular weight is 431 g/mol. The Morgan fingerprint density at radius 3 is 2.17 bits per heavy atom. The van der Waals surface area contributed by atoms with Gasteiger partial charge in [0.05, 0.1) is 18.6 Å². The van der Waals surface area contributed by atoms with Gasteiger partial charge in [-0.3, -0.25) is 14.4 Å². The zero-order valence-corrected chi connectivity index (χ0v) is 18.1. The topological polar surface area (TPSA) is 84.5 Å². The number of halogens is 1. The average Bonchev–Trinajstić information content (AvgIpc) is 2.67. The molecule has 2 aromatic rings. The number of benzene rings is 2. The first-order valence-electron chi connectivity index (χ1n) is 9.85. The van der Waals surface area contributed by atoms with Gasteiger partial charge in [0.2, 0.25) is 5.91 Å². The Morgan fingerprint density at radius 2 is 1.53 bits per heavy atom. The van der Waals surface area contributed by atoms with Gasteiger partial charge < -0.3 is 15.4 Å². The molecule has 0 saturated heterocycles. The molecule has 2 rings (SSSR count). The Hall–Kier alpha value is -2.86. The van der Waals surface area contributed by atoms with Gasteiger partial charge in [-0.2, -0.15) is 0 Å². The van der Waals surface area contributed by atoms with Gasteiger partial charge >= 0.3 is 5.97 Å². The van der Waals surface area contributed by atoms with Crippen molar-refractivity contribution in [2.45, 2.75) is 51.8 Å². The van der Waals surface area contributed by atoms with Crippen LogP contribution in [0.4, 0.5) is 0 Å². The lowest BCUT2D eigenvalue weighted by atomic mass is 10.0. The van der Waals surface area contributed by atoms with Crippen molar-refractivity contribution in [2.75, 3.05) is 0 Å². The maximum atomic E-state index is 12.6. The molecule has 0 aliphatic carbocycles. The summed E-state index contributed by atoms with van der Waals surface area (Å²) in [4.78, 5) is 37.0. The van der Waals surface area contributed by atoms with Crippen molar-refractivity contribution in [3.63, 3.8) is 0 Å². The van der Waals surface area contributed by atoms with Crippen LogP contribution >= 0.6 is 11.6 Å². The number of nitrogens with one attached hydrogen (secondary N) is 2. The summed E-state index contributed by atoms with van der Waals surface area (Å²) < 4.78 is 5.22. The highest BCUT2D eigenvalue weighted by molar-refractivity contribution is 6.31. The van der Waals surface area contributed by atoms with E-state index in [1.54, 1.807) is 69.3 Å². The largest absolute Gasteiger partial charge is 0.463 e. The Morgan fingerprint density at radius 1 is 0.900 bits per heavy atom. The fraction of sp³-hybridized carbons (Fsp3) is 0.348.